The van der Waals surface area contributed by atoms with Gasteiger partial charge in [0.1, 0.15) is 5.82 Å². The summed E-state index contributed by atoms with van der Waals surface area (Å²) in [4.78, 5) is 6.46. The van der Waals surface area contributed by atoms with E-state index >= 15 is 0 Å². The maximum absolute atomic E-state index is 9.18. The number of aryl methyl sites for hydroxylation is 1. The van der Waals surface area contributed by atoms with Crippen LogP contribution in [0.4, 0.5) is 11.5 Å². The van der Waals surface area contributed by atoms with Crippen LogP contribution in [0.15, 0.2) is 12.3 Å². The Morgan fingerprint density at radius 3 is 3.00 bits per heavy atom. The zero-order valence-electron chi connectivity index (χ0n) is 10.3. The molecular weight excluding hydrogens is 218 g/mol. The number of ether oxygens (including phenoxy) is 1. The van der Waals surface area contributed by atoms with Crippen molar-refractivity contribution in [3.63, 3.8) is 0 Å². The molecular formula is C12H19N3O2. The van der Waals surface area contributed by atoms with Crippen molar-refractivity contribution in [1.82, 2.24) is 4.98 Å². The molecule has 0 radical (unpaired) electrons. The second-order valence-electron chi connectivity index (χ2n) is 4.56. The van der Waals surface area contributed by atoms with E-state index in [2.05, 4.69) is 9.88 Å². The zero-order valence-corrected chi connectivity index (χ0v) is 10.3. The third-order valence-corrected chi connectivity index (χ3v) is 2.99. The summed E-state index contributed by atoms with van der Waals surface area (Å²) in [5, 5.41) is 9.18. The van der Waals surface area contributed by atoms with Crippen LogP contribution in [0.25, 0.3) is 0 Å². The normalized spacial score (nSPS) is 25.0. The first-order valence-electron chi connectivity index (χ1n) is 5.83. The van der Waals surface area contributed by atoms with Gasteiger partial charge in [0.2, 0.25) is 0 Å². The smallest absolute Gasteiger partial charge is 0.129 e. The molecule has 1 fully saturated rings. The largest absolute Gasteiger partial charge is 0.397 e. The molecule has 5 heteroatoms. The van der Waals surface area contributed by atoms with E-state index < -0.39 is 0 Å². The van der Waals surface area contributed by atoms with E-state index in [0.717, 1.165) is 17.9 Å². The minimum absolute atomic E-state index is 0.0365. The summed E-state index contributed by atoms with van der Waals surface area (Å²) in [6.45, 7) is 5.45. The van der Waals surface area contributed by atoms with Crippen LogP contribution in [0.5, 0.6) is 0 Å². The molecule has 0 saturated carbocycles. The number of nitrogens with zero attached hydrogens (tertiary/aromatic N) is 2. The van der Waals surface area contributed by atoms with E-state index in [1.807, 2.05) is 19.9 Å². The van der Waals surface area contributed by atoms with Crippen molar-refractivity contribution in [3.05, 3.63) is 17.8 Å². The Labute approximate surface area is 101 Å². The average molecular weight is 237 g/mol. The lowest BCUT2D eigenvalue weighted by Gasteiger charge is -2.36. The first kappa shape index (κ1) is 12.1. The highest BCUT2D eigenvalue weighted by atomic mass is 16.5. The fourth-order valence-electron chi connectivity index (χ4n) is 2.06. The summed E-state index contributed by atoms with van der Waals surface area (Å²) >= 11 is 0. The van der Waals surface area contributed by atoms with Crippen molar-refractivity contribution in [2.24, 2.45) is 0 Å². The van der Waals surface area contributed by atoms with E-state index in [-0.39, 0.29) is 18.8 Å². The first-order chi connectivity index (χ1) is 8.10. The maximum Gasteiger partial charge on any atom is 0.129 e. The lowest BCUT2D eigenvalue weighted by Crippen LogP contribution is -2.48. The number of aromatic nitrogens is 1. The molecule has 2 atom stereocenters. The number of nitrogen functional groups attached to an aromatic ring is 1. The van der Waals surface area contributed by atoms with Crippen LogP contribution in [0, 0.1) is 6.92 Å². The quantitative estimate of drug-likeness (QED) is 0.786. The Morgan fingerprint density at radius 2 is 2.35 bits per heavy atom. The highest BCUT2D eigenvalue weighted by Crippen LogP contribution is 2.21. The Hall–Kier alpha value is -1.33. The maximum atomic E-state index is 9.18. The number of hydrogen-bond donors (Lipinski definition) is 2. The van der Waals surface area contributed by atoms with Crippen LogP contribution < -0.4 is 10.6 Å². The van der Waals surface area contributed by atoms with Gasteiger partial charge >= 0.3 is 0 Å². The molecule has 94 valence electrons. The third-order valence-electron chi connectivity index (χ3n) is 2.99. The summed E-state index contributed by atoms with van der Waals surface area (Å²) in [7, 11) is 0. The molecule has 3 N–H and O–H groups in total. The number of morpholine rings is 1. The number of rotatable bonds is 2. The highest BCUT2D eigenvalue weighted by Gasteiger charge is 2.25. The first-order valence-corrected chi connectivity index (χ1v) is 5.83. The second-order valence-corrected chi connectivity index (χ2v) is 4.56. The SMILES string of the molecule is Cc1cc(N2CC(C)OC(CO)C2)ncc1N. The van der Waals surface area contributed by atoms with Gasteiger partial charge in [-0.25, -0.2) is 4.98 Å². The van der Waals surface area contributed by atoms with E-state index in [4.69, 9.17) is 10.5 Å². The summed E-state index contributed by atoms with van der Waals surface area (Å²) in [5.41, 5.74) is 7.48. The molecule has 17 heavy (non-hydrogen) atoms. The molecule has 1 aliphatic heterocycles. The molecule has 0 aromatic carbocycles. The molecule has 0 aliphatic carbocycles. The predicted molar refractivity (Wildman–Crippen MR) is 67.0 cm³/mol. The van der Waals surface area contributed by atoms with E-state index in [1.54, 1.807) is 6.20 Å². The molecule has 1 saturated heterocycles. The number of nitrogens with two attached hydrogens (primary N) is 1. The van der Waals surface area contributed by atoms with Crippen LogP contribution in [0.2, 0.25) is 0 Å². The summed E-state index contributed by atoms with van der Waals surface area (Å²) in [6.07, 6.45) is 1.64. The Balaban J connectivity index is 2.17. The molecule has 2 unspecified atom stereocenters. The average Bonchev–Trinajstić information content (AvgIpc) is 2.32. The van der Waals surface area contributed by atoms with Gasteiger partial charge in [0, 0.05) is 13.1 Å². The number of aliphatic hydroxyl groups excluding tert-OH is 1. The van der Waals surface area contributed by atoms with Crippen molar-refractivity contribution in [2.75, 3.05) is 30.3 Å². The molecule has 5 nitrogen and oxygen atoms in total. The number of aliphatic hydroxyl groups is 1. The highest BCUT2D eigenvalue weighted by molar-refractivity contribution is 5.52. The molecule has 1 aliphatic rings. The van der Waals surface area contributed by atoms with Gasteiger partial charge in [-0.3, -0.25) is 0 Å². The summed E-state index contributed by atoms with van der Waals surface area (Å²) < 4.78 is 5.60. The van der Waals surface area contributed by atoms with Crippen molar-refractivity contribution in [3.8, 4) is 0 Å². The van der Waals surface area contributed by atoms with Gasteiger partial charge in [-0.2, -0.15) is 0 Å². The van der Waals surface area contributed by atoms with Crippen LogP contribution in [-0.4, -0.2) is 42.0 Å². The minimum Gasteiger partial charge on any atom is -0.397 e. The van der Waals surface area contributed by atoms with Crippen LogP contribution in [-0.2, 0) is 4.74 Å². The van der Waals surface area contributed by atoms with Crippen LogP contribution >= 0.6 is 0 Å². The molecule has 1 aromatic rings. The standard InChI is InChI=1S/C12H19N3O2/c1-8-3-12(14-4-11(8)13)15-5-9(2)17-10(6-15)7-16/h3-4,9-10,16H,5-7,13H2,1-2H3. The second kappa shape index (κ2) is 4.89. The molecule has 1 aromatic heterocycles. The summed E-state index contributed by atoms with van der Waals surface area (Å²) in [5.74, 6) is 0.894. The zero-order chi connectivity index (χ0) is 12.4. The van der Waals surface area contributed by atoms with Gasteiger partial charge in [-0.05, 0) is 25.5 Å². The van der Waals surface area contributed by atoms with Gasteiger partial charge in [0.15, 0.2) is 0 Å². The van der Waals surface area contributed by atoms with E-state index in [1.165, 1.54) is 0 Å². The van der Waals surface area contributed by atoms with Crippen molar-refractivity contribution in [2.45, 2.75) is 26.1 Å². The minimum atomic E-state index is -0.140. The van der Waals surface area contributed by atoms with E-state index in [9.17, 15) is 5.11 Å². The van der Waals surface area contributed by atoms with Crippen molar-refractivity contribution < 1.29 is 9.84 Å². The van der Waals surface area contributed by atoms with Gasteiger partial charge in [0.25, 0.3) is 0 Å². The summed E-state index contributed by atoms with van der Waals surface area (Å²) in [6, 6.07) is 1.97. The Morgan fingerprint density at radius 1 is 1.59 bits per heavy atom. The van der Waals surface area contributed by atoms with Gasteiger partial charge in [0.05, 0.1) is 30.7 Å². The lowest BCUT2D eigenvalue weighted by atomic mass is 10.2. The topological polar surface area (TPSA) is 71.6 Å². The molecule has 2 heterocycles. The van der Waals surface area contributed by atoms with Gasteiger partial charge in [-0.1, -0.05) is 0 Å². The van der Waals surface area contributed by atoms with Gasteiger partial charge < -0.3 is 20.5 Å². The molecule has 0 amide bonds. The third kappa shape index (κ3) is 2.68. The number of hydrogen-bond acceptors (Lipinski definition) is 5. The number of pyridine rings is 1. The monoisotopic (exact) mass is 237 g/mol. The Bertz CT molecular complexity index is 397. The van der Waals surface area contributed by atoms with Gasteiger partial charge in [-0.15, -0.1) is 0 Å². The van der Waals surface area contributed by atoms with E-state index in [0.29, 0.717) is 12.2 Å². The molecule has 0 bridgehead atoms. The van der Waals surface area contributed by atoms with Crippen LogP contribution in [0.1, 0.15) is 12.5 Å². The number of anilines is 2. The van der Waals surface area contributed by atoms with Crippen molar-refractivity contribution in [1.29, 1.82) is 0 Å². The lowest BCUT2D eigenvalue weighted by molar-refractivity contribution is -0.0423. The van der Waals surface area contributed by atoms with Crippen molar-refractivity contribution >= 4 is 11.5 Å². The predicted octanol–water partition coefficient (Wildman–Crippen LogP) is 0.558. The fourth-order valence-corrected chi connectivity index (χ4v) is 2.06. The molecule has 0 spiro atoms. The van der Waals surface area contributed by atoms with Crippen LogP contribution in [0.3, 0.4) is 0 Å². The molecule has 2 rings (SSSR count). The fraction of sp³-hybridized carbons (Fsp3) is 0.583. The Kier molecular flexibility index (Phi) is 3.49.